The number of aliphatic hydroxyl groups is 1. The molecular formula is C24H33N3O2. The van der Waals surface area contributed by atoms with Crippen LogP contribution in [0.15, 0.2) is 54.6 Å². The summed E-state index contributed by atoms with van der Waals surface area (Å²) in [7, 11) is 2.07. The second kappa shape index (κ2) is 8.84. The largest absolute Gasteiger partial charge is 0.487 e. The van der Waals surface area contributed by atoms with Crippen molar-refractivity contribution in [3.8, 4) is 5.75 Å². The summed E-state index contributed by atoms with van der Waals surface area (Å²) in [6, 6.07) is 18.6. The Morgan fingerprint density at radius 3 is 2.59 bits per heavy atom. The minimum Gasteiger partial charge on any atom is -0.487 e. The zero-order valence-electron chi connectivity index (χ0n) is 17.3. The van der Waals surface area contributed by atoms with Gasteiger partial charge in [0.05, 0.1) is 6.10 Å². The van der Waals surface area contributed by atoms with E-state index in [-0.39, 0.29) is 17.7 Å². The SMILES string of the molecule is CN(Cc1ccccc1)CC(O)CN1CCC2(CC1)CC(N)c1ccccc1O2. The molecule has 5 nitrogen and oxygen atoms in total. The number of nitrogens with two attached hydrogens (primary N) is 1. The van der Waals surface area contributed by atoms with Gasteiger partial charge >= 0.3 is 0 Å². The zero-order valence-corrected chi connectivity index (χ0v) is 17.3. The molecule has 2 aliphatic rings. The number of aliphatic hydroxyl groups excluding tert-OH is 1. The third kappa shape index (κ3) is 4.98. The van der Waals surface area contributed by atoms with Crippen LogP contribution in [0.25, 0.3) is 0 Å². The summed E-state index contributed by atoms with van der Waals surface area (Å²) < 4.78 is 6.44. The number of likely N-dealkylation sites (N-methyl/N-ethyl adjacent to an activating group) is 1. The van der Waals surface area contributed by atoms with E-state index in [9.17, 15) is 5.11 Å². The molecule has 2 unspecified atom stereocenters. The second-order valence-electron chi connectivity index (χ2n) is 8.77. The highest BCUT2D eigenvalue weighted by molar-refractivity contribution is 5.38. The molecule has 0 saturated carbocycles. The Morgan fingerprint density at radius 2 is 1.83 bits per heavy atom. The lowest BCUT2D eigenvalue weighted by atomic mass is 9.81. The third-order valence-corrected chi connectivity index (χ3v) is 6.29. The van der Waals surface area contributed by atoms with Gasteiger partial charge in [-0.25, -0.2) is 0 Å². The normalized spacial score (nSPS) is 22.3. The number of likely N-dealkylation sites (tertiary alicyclic amines) is 1. The number of nitrogens with zero attached hydrogens (tertiary/aromatic N) is 2. The fourth-order valence-electron chi connectivity index (χ4n) is 4.79. The summed E-state index contributed by atoms with van der Waals surface area (Å²) in [5, 5.41) is 10.6. The van der Waals surface area contributed by atoms with E-state index < -0.39 is 0 Å². The number of β-amino-alcohol motifs (C(OH)–C–C–N with tert-alkyl or cyclic N) is 1. The van der Waals surface area contributed by atoms with Crippen LogP contribution in [0.3, 0.4) is 0 Å². The average molecular weight is 396 g/mol. The number of rotatable bonds is 6. The van der Waals surface area contributed by atoms with E-state index in [1.165, 1.54) is 5.56 Å². The molecule has 156 valence electrons. The van der Waals surface area contributed by atoms with Crippen LogP contribution in [-0.2, 0) is 6.54 Å². The number of hydrogen-bond acceptors (Lipinski definition) is 5. The van der Waals surface area contributed by atoms with Crippen molar-refractivity contribution in [3.05, 3.63) is 65.7 Å². The van der Waals surface area contributed by atoms with E-state index >= 15 is 0 Å². The first kappa shape index (κ1) is 20.4. The molecular weight excluding hydrogens is 362 g/mol. The quantitative estimate of drug-likeness (QED) is 0.788. The second-order valence-corrected chi connectivity index (χ2v) is 8.77. The molecule has 0 amide bonds. The Hall–Kier alpha value is -1.92. The van der Waals surface area contributed by atoms with E-state index in [1.807, 2.05) is 24.3 Å². The standard InChI is InChI=1S/C24H33N3O2/c1-26(16-19-7-3-2-4-8-19)17-20(28)18-27-13-11-24(12-14-27)15-22(25)21-9-5-6-10-23(21)29-24/h2-10,20,22,28H,11-18,25H2,1H3. The average Bonchev–Trinajstić information content (AvgIpc) is 2.70. The molecule has 3 N–H and O–H groups in total. The molecule has 0 aliphatic carbocycles. The number of hydrogen-bond donors (Lipinski definition) is 2. The Balaban J connectivity index is 1.26. The lowest BCUT2D eigenvalue weighted by molar-refractivity contribution is -0.0318. The minimum atomic E-state index is -0.354. The highest BCUT2D eigenvalue weighted by Gasteiger charge is 2.42. The van der Waals surface area contributed by atoms with Crippen LogP contribution in [0.1, 0.15) is 36.4 Å². The zero-order chi connectivity index (χ0) is 20.3. The smallest absolute Gasteiger partial charge is 0.124 e. The summed E-state index contributed by atoms with van der Waals surface area (Å²) in [6.45, 7) is 4.11. The van der Waals surface area contributed by atoms with Gasteiger partial charge in [0.15, 0.2) is 0 Å². The van der Waals surface area contributed by atoms with Crippen LogP contribution in [-0.4, -0.2) is 59.8 Å². The van der Waals surface area contributed by atoms with Crippen molar-refractivity contribution in [2.75, 3.05) is 33.2 Å². The number of ether oxygens (including phenoxy) is 1. The highest BCUT2D eigenvalue weighted by Crippen LogP contribution is 2.43. The van der Waals surface area contributed by atoms with Gasteiger partial charge in [-0.3, -0.25) is 4.90 Å². The Morgan fingerprint density at radius 1 is 1.14 bits per heavy atom. The lowest BCUT2D eigenvalue weighted by Crippen LogP contribution is -2.53. The van der Waals surface area contributed by atoms with E-state index in [0.717, 1.165) is 50.2 Å². The molecule has 1 fully saturated rings. The van der Waals surface area contributed by atoms with E-state index in [2.05, 4.69) is 47.2 Å². The third-order valence-electron chi connectivity index (χ3n) is 6.29. The summed E-state index contributed by atoms with van der Waals surface area (Å²) in [4.78, 5) is 4.55. The maximum Gasteiger partial charge on any atom is 0.124 e. The summed E-state index contributed by atoms with van der Waals surface area (Å²) in [5.74, 6) is 0.947. The van der Waals surface area contributed by atoms with Gasteiger partial charge in [0.2, 0.25) is 0 Å². The molecule has 2 aliphatic heterocycles. The predicted octanol–water partition coefficient (Wildman–Crippen LogP) is 2.80. The van der Waals surface area contributed by atoms with Crippen LogP contribution < -0.4 is 10.5 Å². The molecule has 2 aromatic carbocycles. The molecule has 0 radical (unpaired) electrons. The molecule has 1 spiro atoms. The van der Waals surface area contributed by atoms with Gasteiger partial charge in [0.25, 0.3) is 0 Å². The first-order valence-corrected chi connectivity index (χ1v) is 10.7. The number of fused-ring (bicyclic) bond motifs is 1. The predicted molar refractivity (Wildman–Crippen MR) is 116 cm³/mol. The van der Waals surface area contributed by atoms with Crippen molar-refractivity contribution in [1.82, 2.24) is 9.80 Å². The van der Waals surface area contributed by atoms with E-state index in [0.29, 0.717) is 13.1 Å². The fourth-order valence-corrected chi connectivity index (χ4v) is 4.79. The lowest BCUT2D eigenvalue weighted by Gasteiger charge is -2.46. The van der Waals surface area contributed by atoms with Crippen molar-refractivity contribution < 1.29 is 9.84 Å². The van der Waals surface area contributed by atoms with E-state index in [1.54, 1.807) is 0 Å². The van der Waals surface area contributed by atoms with Gasteiger partial charge in [0.1, 0.15) is 11.4 Å². The van der Waals surface area contributed by atoms with Crippen LogP contribution in [0.2, 0.25) is 0 Å². The molecule has 2 atom stereocenters. The topological polar surface area (TPSA) is 62.0 Å². The number of piperidine rings is 1. The monoisotopic (exact) mass is 395 g/mol. The molecule has 0 aromatic heterocycles. The Bertz CT molecular complexity index is 790. The Labute approximate surface area is 174 Å². The molecule has 2 aromatic rings. The van der Waals surface area contributed by atoms with Gasteiger partial charge in [-0.05, 0) is 31.5 Å². The van der Waals surface area contributed by atoms with Crippen molar-refractivity contribution in [3.63, 3.8) is 0 Å². The molecule has 0 bridgehead atoms. The molecule has 4 rings (SSSR count). The van der Waals surface area contributed by atoms with Gasteiger partial charge in [-0.2, -0.15) is 0 Å². The fraction of sp³-hybridized carbons (Fsp3) is 0.500. The summed E-state index contributed by atoms with van der Waals surface area (Å²) in [6.07, 6.45) is 2.44. The van der Waals surface area contributed by atoms with Gasteiger partial charge in [0, 0.05) is 50.7 Å². The molecule has 2 heterocycles. The van der Waals surface area contributed by atoms with E-state index in [4.69, 9.17) is 10.5 Å². The summed E-state index contributed by atoms with van der Waals surface area (Å²) in [5.41, 5.74) is 8.69. The summed E-state index contributed by atoms with van der Waals surface area (Å²) >= 11 is 0. The molecule has 1 saturated heterocycles. The van der Waals surface area contributed by atoms with Crippen LogP contribution in [0.4, 0.5) is 0 Å². The van der Waals surface area contributed by atoms with Gasteiger partial charge in [-0.15, -0.1) is 0 Å². The first-order chi connectivity index (χ1) is 14.0. The van der Waals surface area contributed by atoms with Gasteiger partial charge < -0.3 is 20.5 Å². The molecule has 29 heavy (non-hydrogen) atoms. The van der Waals surface area contributed by atoms with Crippen molar-refractivity contribution in [1.29, 1.82) is 0 Å². The molecule has 5 heteroatoms. The van der Waals surface area contributed by atoms with Gasteiger partial charge in [-0.1, -0.05) is 48.5 Å². The van der Waals surface area contributed by atoms with Crippen molar-refractivity contribution in [2.24, 2.45) is 5.73 Å². The maximum atomic E-state index is 10.6. The van der Waals surface area contributed by atoms with Crippen molar-refractivity contribution in [2.45, 2.75) is 43.6 Å². The Kier molecular flexibility index (Phi) is 6.20. The maximum absolute atomic E-state index is 10.6. The number of para-hydroxylation sites is 1. The van der Waals surface area contributed by atoms with Crippen molar-refractivity contribution >= 4 is 0 Å². The van der Waals surface area contributed by atoms with Crippen LogP contribution in [0, 0.1) is 0 Å². The minimum absolute atomic E-state index is 0.0451. The van der Waals surface area contributed by atoms with Crippen LogP contribution >= 0.6 is 0 Å². The van der Waals surface area contributed by atoms with Crippen LogP contribution in [0.5, 0.6) is 5.75 Å². The first-order valence-electron chi connectivity index (χ1n) is 10.7. The number of benzene rings is 2. The highest BCUT2D eigenvalue weighted by atomic mass is 16.5.